The molecule has 0 aromatic rings. The highest BCUT2D eigenvalue weighted by molar-refractivity contribution is 6.90. The minimum atomic E-state index is -2.58. The van der Waals surface area contributed by atoms with E-state index in [1.807, 2.05) is 78.6 Å². The maximum Gasteiger partial charge on any atom is 0.314 e. The third-order valence-corrected chi connectivity index (χ3v) is 36.9. The summed E-state index contributed by atoms with van der Waals surface area (Å²) in [5, 5.41) is 0. The number of hydrogen-bond acceptors (Lipinski definition) is 12. The second-order valence-corrected chi connectivity index (χ2v) is 43.7. The van der Waals surface area contributed by atoms with Crippen molar-refractivity contribution < 1.29 is 49.4 Å². The molecule has 216 valence electrons. The maximum atomic E-state index is 6.60. The van der Waals surface area contributed by atoms with Crippen molar-refractivity contribution in [3.05, 3.63) is 0 Å². The topological polar surface area (TPSA) is 111 Å². The third kappa shape index (κ3) is 17.7. The van der Waals surface area contributed by atoms with Gasteiger partial charge >= 0.3 is 51.4 Å². The minimum Gasteiger partial charge on any atom is -0.425 e. The Morgan fingerprint density at radius 1 is 0.278 bits per heavy atom. The van der Waals surface area contributed by atoms with Gasteiger partial charge in [0.25, 0.3) is 60.0 Å². The van der Waals surface area contributed by atoms with Crippen LogP contribution in [0.3, 0.4) is 0 Å². The normalized spacial score (nSPS) is 33.0. The van der Waals surface area contributed by atoms with Crippen molar-refractivity contribution in [2.75, 3.05) is 0 Å². The molecule has 12 nitrogen and oxygen atoms in total. The highest BCUT2D eigenvalue weighted by Gasteiger charge is 2.47. The Morgan fingerprint density at radius 3 is 0.722 bits per heavy atom. The Hall–Kier alpha value is 2.12. The van der Waals surface area contributed by atoms with Gasteiger partial charge in [-0.25, -0.2) is 0 Å². The molecule has 0 radical (unpaired) electrons. The molecule has 1 fully saturated rings. The summed E-state index contributed by atoms with van der Waals surface area (Å²) < 4.78 is 73.1. The Kier molecular flexibility index (Phi) is 15.4. The van der Waals surface area contributed by atoms with Gasteiger partial charge in [-0.05, 0) is 78.6 Å². The molecule has 0 N–H and O–H groups in total. The van der Waals surface area contributed by atoms with Gasteiger partial charge in [-0.3, -0.25) is 0 Å². The molecule has 24 heteroatoms. The van der Waals surface area contributed by atoms with Gasteiger partial charge in [0, 0.05) is 0 Å². The lowest BCUT2D eigenvalue weighted by molar-refractivity contribution is 0.263. The molecule has 0 bridgehead atoms. The molecule has 36 heavy (non-hydrogen) atoms. The predicted octanol–water partition coefficient (Wildman–Crippen LogP) is -1.60. The first kappa shape index (κ1) is 36.1. The van der Waals surface area contributed by atoms with E-state index in [1.54, 1.807) is 0 Å². The van der Waals surface area contributed by atoms with E-state index in [4.69, 9.17) is 49.4 Å². The lowest BCUT2D eigenvalue weighted by Gasteiger charge is -2.42. The summed E-state index contributed by atoms with van der Waals surface area (Å²) >= 11 is 0. The van der Waals surface area contributed by atoms with Crippen molar-refractivity contribution in [1.82, 2.24) is 0 Å². The fraction of sp³-hybridized carbons (Fsp3) is 1.00. The largest absolute Gasteiger partial charge is 0.425 e. The van der Waals surface area contributed by atoms with E-state index in [0.29, 0.717) is 0 Å². The van der Waals surface area contributed by atoms with Crippen LogP contribution in [0.25, 0.3) is 0 Å². The summed E-state index contributed by atoms with van der Waals surface area (Å²) in [4.78, 5) is 0. The lowest BCUT2D eigenvalue weighted by atomic mass is 11.9. The van der Waals surface area contributed by atoms with Crippen LogP contribution in [0.15, 0.2) is 0 Å². The number of hydrogen-bond donors (Lipinski definition) is 0. The van der Waals surface area contributed by atoms with E-state index in [-0.39, 0.29) is 0 Å². The smallest absolute Gasteiger partial charge is 0.314 e. The highest BCUT2D eigenvalue weighted by Crippen LogP contribution is 2.27. The van der Waals surface area contributed by atoms with E-state index in [0.717, 1.165) is 0 Å². The van der Waals surface area contributed by atoms with Gasteiger partial charge in [-0.1, -0.05) is 0 Å². The van der Waals surface area contributed by atoms with Crippen molar-refractivity contribution in [3.8, 4) is 0 Å². The van der Waals surface area contributed by atoms with Crippen LogP contribution < -0.4 is 0 Å². The number of rotatable bonds is 0. The van der Waals surface area contributed by atoms with Crippen molar-refractivity contribution in [2.24, 2.45) is 0 Å². The molecule has 0 aromatic heterocycles. The molecule has 0 saturated carbocycles. The van der Waals surface area contributed by atoms with Crippen LogP contribution in [0, 0.1) is 0 Å². The molecule has 0 atom stereocenters. The van der Waals surface area contributed by atoms with E-state index in [2.05, 4.69) is 0 Å². The quantitative estimate of drug-likeness (QED) is 0.269. The van der Waals surface area contributed by atoms with E-state index < -0.39 is 111 Å². The molecule has 0 amide bonds. The Labute approximate surface area is 238 Å². The van der Waals surface area contributed by atoms with Crippen LogP contribution in [-0.2, 0) is 49.4 Å². The van der Waals surface area contributed by atoms with Crippen LogP contribution >= 0.6 is 0 Å². The highest BCUT2D eigenvalue weighted by atomic mass is 28.5. The maximum absolute atomic E-state index is 6.60. The molecule has 1 saturated heterocycles. The van der Waals surface area contributed by atoms with Gasteiger partial charge in [-0.15, -0.1) is 0 Å². The van der Waals surface area contributed by atoms with Gasteiger partial charge in [0.15, 0.2) is 0 Å². The summed E-state index contributed by atoms with van der Waals surface area (Å²) in [6.07, 6.45) is 0. The second-order valence-electron chi connectivity index (χ2n) is 10.9. The minimum absolute atomic E-state index is 1.06. The first-order chi connectivity index (χ1) is 16.2. The zero-order valence-corrected chi connectivity index (χ0v) is 38.6. The van der Waals surface area contributed by atoms with E-state index in [9.17, 15) is 0 Å². The average molecular weight is 722 g/mol. The zero-order chi connectivity index (χ0) is 27.7. The predicted molar refractivity (Wildman–Crippen MR) is 169 cm³/mol. The fourth-order valence-corrected chi connectivity index (χ4v) is 43.2. The Morgan fingerprint density at radius 2 is 0.472 bits per heavy atom. The fourth-order valence-electron chi connectivity index (χ4n) is 3.87. The third-order valence-electron chi connectivity index (χ3n) is 4.10. The van der Waals surface area contributed by atoms with Crippen molar-refractivity contribution in [3.63, 3.8) is 0 Å². The molecule has 1 heterocycles. The van der Waals surface area contributed by atoms with Gasteiger partial charge in [0.1, 0.15) is 0 Å². The van der Waals surface area contributed by atoms with Gasteiger partial charge in [-0.2, -0.15) is 0 Å². The first-order valence-electron chi connectivity index (χ1n) is 11.9. The van der Waals surface area contributed by atoms with Crippen molar-refractivity contribution in [2.45, 2.75) is 78.6 Å². The Balaban J connectivity index is 2.91. The summed E-state index contributed by atoms with van der Waals surface area (Å²) in [7, 11) is -21.7. The molecule has 1 aliphatic rings. The van der Waals surface area contributed by atoms with Crippen LogP contribution in [0.5, 0.6) is 0 Å². The van der Waals surface area contributed by atoms with E-state index in [1.165, 1.54) is 0 Å². The molecule has 1 aliphatic heterocycles. The summed E-state index contributed by atoms with van der Waals surface area (Å²) in [6.45, 7) is 24.5. The molecular formula is C12H48O12Si12. The van der Waals surface area contributed by atoms with Gasteiger partial charge in [0.2, 0.25) is 0 Å². The molecular weight excluding hydrogens is 673 g/mol. The molecule has 0 aromatic carbocycles. The monoisotopic (exact) mass is 720 g/mol. The SMILES string of the molecule is C[Si]1(C)O[SiH2]O[SiH2]O[SiH2]O[SiH2]O[SiH2]O[SiH2]O[Si](C)(C)O[Si](C)(C)O[Si](C)(C)O[Si](C)(C)O[Si](C)(C)O1. The van der Waals surface area contributed by atoms with Gasteiger partial charge < -0.3 is 49.4 Å². The van der Waals surface area contributed by atoms with Crippen LogP contribution in [0.4, 0.5) is 0 Å². The molecule has 0 unspecified atom stereocenters. The van der Waals surface area contributed by atoms with Crippen LogP contribution in [0.2, 0.25) is 78.6 Å². The first-order valence-corrected chi connectivity index (χ1v) is 35.7. The van der Waals surface area contributed by atoms with E-state index >= 15 is 0 Å². The lowest BCUT2D eigenvalue weighted by Crippen LogP contribution is -2.60. The van der Waals surface area contributed by atoms with Crippen LogP contribution in [-0.4, -0.2) is 111 Å². The van der Waals surface area contributed by atoms with Crippen LogP contribution in [0.1, 0.15) is 0 Å². The standard InChI is InChI=1S/C12H48O12Si12/c1-31(2)18-29-16-27-14-25-13-26-15-28-17-30-19-32(3,4)21-34(7,8)23-36(11,12)24-35(9,10)22-33(5,6)20-31/h25-30H2,1-12H3. The Bertz CT molecular complexity index is 603. The summed E-state index contributed by atoms with van der Waals surface area (Å²) in [6, 6.07) is 0. The van der Waals surface area contributed by atoms with Crippen molar-refractivity contribution >= 4 is 111 Å². The molecule has 0 spiro atoms. The summed E-state index contributed by atoms with van der Waals surface area (Å²) in [5.41, 5.74) is 0. The molecule has 0 aliphatic carbocycles. The second kappa shape index (κ2) is 15.4. The molecule has 1 rings (SSSR count). The summed E-state index contributed by atoms with van der Waals surface area (Å²) in [5.74, 6) is 0. The average Bonchev–Trinajstić information content (AvgIpc) is 2.59. The van der Waals surface area contributed by atoms with Gasteiger partial charge in [0.05, 0.1) is 0 Å². The zero-order valence-electron chi connectivity index (χ0n) is 24.1. The van der Waals surface area contributed by atoms with Crippen molar-refractivity contribution in [1.29, 1.82) is 0 Å².